The minimum Gasteiger partial charge on any atom is -0.391 e. The summed E-state index contributed by atoms with van der Waals surface area (Å²) in [4.78, 5) is 25.3. The zero-order valence-corrected chi connectivity index (χ0v) is 20.5. The van der Waals surface area contributed by atoms with Crippen LogP contribution in [0.25, 0.3) is 0 Å². The van der Waals surface area contributed by atoms with Gasteiger partial charge in [-0.2, -0.15) is 0 Å². The maximum Gasteiger partial charge on any atom is 0.246 e. The second-order valence-corrected chi connectivity index (χ2v) is 11.7. The molecule has 1 heterocycles. The number of aliphatic hydroxyl groups excluding tert-OH is 1. The maximum atomic E-state index is 13.8. The third-order valence-corrected chi connectivity index (χ3v) is 8.96. The molecule has 2 amide bonds. The van der Waals surface area contributed by atoms with Gasteiger partial charge in [0.15, 0.2) is 0 Å². The molecule has 5 rings (SSSR count). The molecule has 0 aromatic rings. The Balaban J connectivity index is 1.23. The number of piperidine rings is 1. The molecule has 1 saturated heterocycles. The van der Waals surface area contributed by atoms with Crippen molar-refractivity contribution < 1.29 is 23.8 Å². The normalized spacial score (nSPS) is 43.2. The Morgan fingerprint density at radius 2 is 1.82 bits per heavy atom. The van der Waals surface area contributed by atoms with Crippen LogP contribution in [-0.4, -0.2) is 76.3 Å². The number of amides is 2. The van der Waals surface area contributed by atoms with E-state index >= 15 is 0 Å². The molecule has 188 valence electrons. The molecule has 6 atom stereocenters. The molecule has 5 fully saturated rings. The number of hydrogen-bond acceptors (Lipinski definition) is 5. The molecule has 0 aromatic carbocycles. The Kier molecular flexibility index (Phi) is 8.11. The van der Waals surface area contributed by atoms with E-state index in [4.69, 9.17) is 27.9 Å². The fourth-order valence-electron chi connectivity index (χ4n) is 5.99. The molecule has 0 radical (unpaired) electrons. The van der Waals surface area contributed by atoms with Crippen molar-refractivity contribution in [1.29, 1.82) is 0 Å². The third-order valence-electron chi connectivity index (χ3n) is 8.10. The minimum atomic E-state index is -1.11. The highest BCUT2D eigenvalue weighted by Gasteiger charge is 2.55. The van der Waals surface area contributed by atoms with Gasteiger partial charge in [0.05, 0.1) is 23.1 Å². The molecule has 4 N–H and O–H groups in total. The van der Waals surface area contributed by atoms with Crippen LogP contribution in [0.2, 0.25) is 0 Å². The molecule has 1 aliphatic heterocycles. The predicted octanol–water partition coefficient (Wildman–Crippen LogP) is 2.30. The van der Waals surface area contributed by atoms with Crippen LogP contribution >= 0.6 is 23.2 Å². The Labute approximate surface area is 204 Å². The number of ether oxygens (including phenoxy) is 1. The number of aliphatic hydroxyl groups is 1. The van der Waals surface area contributed by atoms with E-state index in [2.05, 4.69) is 16.0 Å². The van der Waals surface area contributed by atoms with Gasteiger partial charge in [-0.05, 0) is 57.8 Å². The van der Waals surface area contributed by atoms with Gasteiger partial charge in [-0.15, -0.1) is 23.2 Å². The fourth-order valence-corrected chi connectivity index (χ4v) is 6.43. The molecule has 4 aliphatic carbocycles. The number of carbonyl (C=O) groups is 2. The van der Waals surface area contributed by atoms with E-state index in [1.165, 1.54) is 0 Å². The standard InChI is InChI=1S/C23H36Cl2FN3O4/c24-14-1-2-15(27-12-14)9-20(31)28-22-5-7-23(8-6-22,19(30)11-22)29-21(32)13-33-16-3-4-17(25)18(26)10-16/h14-19,27,30H,1-13H2,(H,28,31)(H,29,32)/t14?,15?,16?,17?,18?,19-,22?,23?/m0/s1. The first-order valence-electron chi connectivity index (χ1n) is 12.3. The lowest BCUT2D eigenvalue weighted by Gasteiger charge is -2.56. The SMILES string of the molecule is O=C(CC1CCC(Cl)CN1)NC12CCC(NC(=O)COC3CCC(Cl)C(F)C3)(CC1)[C@@H](O)C2. The lowest BCUT2D eigenvalue weighted by molar-refractivity contribution is -0.140. The van der Waals surface area contributed by atoms with E-state index < -0.39 is 28.7 Å². The van der Waals surface area contributed by atoms with Crippen molar-refractivity contribution in [2.45, 2.75) is 117 Å². The number of alkyl halides is 3. The summed E-state index contributed by atoms with van der Waals surface area (Å²) in [5.41, 5.74) is -1.11. The zero-order valence-electron chi connectivity index (χ0n) is 19.0. The Morgan fingerprint density at radius 1 is 1.06 bits per heavy atom. The summed E-state index contributed by atoms with van der Waals surface area (Å²) in [5.74, 6) is -0.297. The van der Waals surface area contributed by atoms with Crippen molar-refractivity contribution in [2.24, 2.45) is 0 Å². The number of rotatable bonds is 7. The first-order chi connectivity index (χ1) is 15.7. The maximum absolute atomic E-state index is 13.8. The van der Waals surface area contributed by atoms with Gasteiger partial charge < -0.3 is 25.8 Å². The van der Waals surface area contributed by atoms with E-state index in [-0.39, 0.29) is 42.4 Å². The zero-order chi connectivity index (χ0) is 23.6. The number of fused-ring (bicyclic) bond motifs is 3. The third kappa shape index (κ3) is 6.13. The topological polar surface area (TPSA) is 99.7 Å². The Hall–Kier alpha value is -0.670. The second kappa shape index (κ2) is 10.5. The lowest BCUT2D eigenvalue weighted by Crippen LogP contribution is -2.70. The smallest absolute Gasteiger partial charge is 0.246 e. The van der Waals surface area contributed by atoms with E-state index in [0.29, 0.717) is 51.4 Å². The molecule has 0 aromatic heterocycles. The van der Waals surface area contributed by atoms with E-state index in [0.717, 1.165) is 19.4 Å². The molecule has 2 bridgehead atoms. The van der Waals surface area contributed by atoms with Crippen molar-refractivity contribution in [3.05, 3.63) is 0 Å². The van der Waals surface area contributed by atoms with Crippen LogP contribution in [0.1, 0.15) is 70.6 Å². The quantitative estimate of drug-likeness (QED) is 0.396. The van der Waals surface area contributed by atoms with Crippen LogP contribution in [0.3, 0.4) is 0 Å². The Bertz CT molecular complexity index is 714. The van der Waals surface area contributed by atoms with Gasteiger partial charge in [-0.1, -0.05) is 0 Å². The van der Waals surface area contributed by atoms with Gasteiger partial charge in [0, 0.05) is 36.3 Å². The summed E-state index contributed by atoms with van der Waals surface area (Å²) in [6.07, 6.45) is 4.46. The van der Waals surface area contributed by atoms with Gasteiger partial charge in [0.25, 0.3) is 0 Å². The number of halogens is 3. The van der Waals surface area contributed by atoms with Crippen molar-refractivity contribution in [2.75, 3.05) is 13.2 Å². The minimum absolute atomic E-state index is 0.00241. The van der Waals surface area contributed by atoms with Gasteiger partial charge in [0.1, 0.15) is 12.8 Å². The largest absolute Gasteiger partial charge is 0.391 e. The number of nitrogens with one attached hydrogen (secondary N) is 3. The Morgan fingerprint density at radius 3 is 2.45 bits per heavy atom. The van der Waals surface area contributed by atoms with Crippen LogP contribution in [0, 0.1) is 0 Å². The first-order valence-corrected chi connectivity index (χ1v) is 13.1. The molecular weight excluding hydrogens is 472 g/mol. The average Bonchev–Trinajstić information content (AvgIpc) is 2.77. The predicted molar refractivity (Wildman–Crippen MR) is 124 cm³/mol. The number of hydrogen-bond donors (Lipinski definition) is 4. The lowest BCUT2D eigenvalue weighted by atomic mass is 9.60. The monoisotopic (exact) mass is 507 g/mol. The summed E-state index contributed by atoms with van der Waals surface area (Å²) in [5, 5.41) is 20.1. The van der Waals surface area contributed by atoms with Crippen molar-refractivity contribution in [3.63, 3.8) is 0 Å². The molecular formula is C23H36Cl2FN3O4. The van der Waals surface area contributed by atoms with Gasteiger partial charge in [-0.25, -0.2) is 4.39 Å². The highest BCUT2D eigenvalue weighted by atomic mass is 35.5. The molecule has 4 saturated carbocycles. The average molecular weight is 508 g/mol. The van der Waals surface area contributed by atoms with Gasteiger partial charge in [-0.3, -0.25) is 9.59 Å². The summed E-state index contributed by atoms with van der Waals surface area (Å²) >= 11 is 12.0. The van der Waals surface area contributed by atoms with Crippen molar-refractivity contribution in [1.82, 2.24) is 16.0 Å². The van der Waals surface area contributed by atoms with Crippen LogP contribution in [0.4, 0.5) is 4.39 Å². The molecule has 5 aliphatic rings. The van der Waals surface area contributed by atoms with Crippen LogP contribution in [0.15, 0.2) is 0 Å². The van der Waals surface area contributed by atoms with Crippen LogP contribution in [0.5, 0.6) is 0 Å². The van der Waals surface area contributed by atoms with Gasteiger partial charge in [0.2, 0.25) is 11.8 Å². The molecule has 7 nitrogen and oxygen atoms in total. The second-order valence-electron chi connectivity index (χ2n) is 10.5. The fraction of sp³-hybridized carbons (Fsp3) is 0.913. The van der Waals surface area contributed by atoms with E-state index in [1.807, 2.05) is 0 Å². The summed E-state index contributed by atoms with van der Waals surface area (Å²) < 4.78 is 19.4. The molecule has 33 heavy (non-hydrogen) atoms. The summed E-state index contributed by atoms with van der Waals surface area (Å²) in [7, 11) is 0. The van der Waals surface area contributed by atoms with E-state index in [1.54, 1.807) is 0 Å². The van der Waals surface area contributed by atoms with E-state index in [9.17, 15) is 19.1 Å². The highest BCUT2D eigenvalue weighted by molar-refractivity contribution is 6.21. The van der Waals surface area contributed by atoms with Gasteiger partial charge >= 0.3 is 0 Å². The molecule has 10 heteroatoms. The van der Waals surface area contributed by atoms with Crippen molar-refractivity contribution in [3.8, 4) is 0 Å². The van der Waals surface area contributed by atoms with Crippen LogP contribution in [-0.2, 0) is 14.3 Å². The molecule has 5 unspecified atom stereocenters. The summed E-state index contributed by atoms with van der Waals surface area (Å²) in [6.45, 7) is 0.565. The molecule has 0 spiro atoms. The highest BCUT2D eigenvalue weighted by Crippen LogP contribution is 2.47. The number of carbonyl (C=O) groups excluding carboxylic acids is 2. The van der Waals surface area contributed by atoms with Crippen LogP contribution < -0.4 is 16.0 Å². The van der Waals surface area contributed by atoms with Crippen molar-refractivity contribution >= 4 is 35.0 Å². The first kappa shape index (κ1) is 25.4. The summed E-state index contributed by atoms with van der Waals surface area (Å²) in [6, 6.07) is 0.138.